The van der Waals surface area contributed by atoms with Crippen molar-refractivity contribution in [2.24, 2.45) is 11.8 Å². The van der Waals surface area contributed by atoms with Gasteiger partial charge < -0.3 is 10.2 Å². The molecule has 0 aromatic heterocycles. The van der Waals surface area contributed by atoms with Crippen LogP contribution in [0.3, 0.4) is 0 Å². The van der Waals surface area contributed by atoms with Gasteiger partial charge in [-0.05, 0) is 44.4 Å². The summed E-state index contributed by atoms with van der Waals surface area (Å²) in [6.07, 6.45) is 7.12. The van der Waals surface area contributed by atoms with E-state index >= 15 is 0 Å². The lowest BCUT2D eigenvalue weighted by atomic mass is 9.91. The summed E-state index contributed by atoms with van der Waals surface area (Å²) < 4.78 is 0. The van der Waals surface area contributed by atoms with Crippen LogP contribution in [0.1, 0.15) is 45.4 Å². The number of hydrogen-bond donors (Lipinski definition) is 1. The number of carbonyl (C=O) groups excluding carboxylic acids is 2. The number of rotatable bonds is 3. The van der Waals surface area contributed by atoms with Crippen LogP contribution in [0.25, 0.3) is 0 Å². The van der Waals surface area contributed by atoms with Crippen molar-refractivity contribution in [1.29, 1.82) is 0 Å². The van der Waals surface area contributed by atoms with Gasteiger partial charge in [0.1, 0.15) is 5.54 Å². The first kappa shape index (κ1) is 12.0. The minimum Gasteiger partial charge on any atom is -0.340 e. The summed E-state index contributed by atoms with van der Waals surface area (Å²) in [5.41, 5.74) is -0.617. The zero-order valence-electron chi connectivity index (χ0n) is 11.1. The van der Waals surface area contributed by atoms with Gasteiger partial charge in [-0.3, -0.25) is 9.59 Å². The average molecular weight is 250 g/mol. The molecule has 4 heteroatoms. The van der Waals surface area contributed by atoms with Crippen LogP contribution in [-0.2, 0) is 9.59 Å². The highest BCUT2D eigenvalue weighted by Gasteiger charge is 2.52. The van der Waals surface area contributed by atoms with Crippen molar-refractivity contribution in [2.45, 2.75) is 51.0 Å². The topological polar surface area (TPSA) is 49.4 Å². The number of piperazine rings is 1. The molecule has 18 heavy (non-hydrogen) atoms. The average Bonchev–Trinajstić information content (AvgIpc) is 3.06. The van der Waals surface area contributed by atoms with Gasteiger partial charge >= 0.3 is 0 Å². The second-order valence-electron chi connectivity index (χ2n) is 6.36. The number of nitrogens with one attached hydrogen (secondary N) is 1. The molecule has 1 unspecified atom stereocenters. The van der Waals surface area contributed by atoms with Gasteiger partial charge in [-0.1, -0.05) is 12.8 Å². The Hall–Kier alpha value is -1.06. The van der Waals surface area contributed by atoms with Crippen molar-refractivity contribution in [3.8, 4) is 0 Å². The molecule has 1 heterocycles. The highest BCUT2D eigenvalue weighted by Crippen LogP contribution is 2.41. The van der Waals surface area contributed by atoms with E-state index in [9.17, 15) is 9.59 Å². The largest absolute Gasteiger partial charge is 0.340 e. The zero-order chi connectivity index (χ0) is 12.8. The van der Waals surface area contributed by atoms with Gasteiger partial charge in [0.25, 0.3) is 0 Å². The number of carbonyl (C=O) groups is 2. The highest BCUT2D eigenvalue weighted by atomic mass is 16.2. The minimum absolute atomic E-state index is 0.0157. The quantitative estimate of drug-likeness (QED) is 0.821. The summed E-state index contributed by atoms with van der Waals surface area (Å²) in [5.74, 6) is 1.14. The summed E-state index contributed by atoms with van der Waals surface area (Å²) in [7, 11) is 0. The smallest absolute Gasteiger partial charge is 0.248 e. The monoisotopic (exact) mass is 250 g/mol. The van der Waals surface area contributed by atoms with E-state index in [0.717, 1.165) is 19.4 Å². The van der Waals surface area contributed by atoms with Crippen molar-refractivity contribution < 1.29 is 9.59 Å². The third-order valence-electron chi connectivity index (χ3n) is 4.81. The van der Waals surface area contributed by atoms with Crippen LogP contribution in [0.5, 0.6) is 0 Å². The zero-order valence-corrected chi connectivity index (χ0v) is 11.1. The second kappa shape index (κ2) is 4.25. The molecule has 4 nitrogen and oxygen atoms in total. The lowest BCUT2D eigenvalue weighted by Crippen LogP contribution is -2.66. The van der Waals surface area contributed by atoms with Crippen LogP contribution in [-0.4, -0.2) is 35.3 Å². The molecule has 1 N–H and O–H groups in total. The Kier molecular flexibility index (Phi) is 2.83. The Morgan fingerprint density at radius 3 is 2.50 bits per heavy atom. The van der Waals surface area contributed by atoms with Crippen molar-refractivity contribution in [2.75, 3.05) is 13.1 Å². The number of amides is 2. The fourth-order valence-corrected chi connectivity index (χ4v) is 3.55. The van der Waals surface area contributed by atoms with E-state index in [-0.39, 0.29) is 18.4 Å². The molecule has 0 bridgehead atoms. The van der Waals surface area contributed by atoms with Gasteiger partial charge in [0.15, 0.2) is 0 Å². The molecule has 1 atom stereocenters. The standard InChI is InChI=1S/C14H22N2O2/c1-14(11-6-7-11)13(18)16(9-12(17)15-14)8-10-4-2-3-5-10/h10-11H,2-9H2,1H3,(H,15,17). The van der Waals surface area contributed by atoms with E-state index < -0.39 is 5.54 Å². The van der Waals surface area contributed by atoms with E-state index in [4.69, 9.17) is 0 Å². The SMILES string of the molecule is CC1(C2CC2)NC(=O)CN(CC2CCCC2)C1=O. The molecule has 100 valence electrons. The first-order valence-electron chi connectivity index (χ1n) is 7.20. The Morgan fingerprint density at radius 2 is 1.89 bits per heavy atom. The maximum Gasteiger partial charge on any atom is 0.248 e. The molecule has 2 aliphatic carbocycles. The van der Waals surface area contributed by atoms with E-state index in [0.29, 0.717) is 11.8 Å². The molecule has 0 spiro atoms. The van der Waals surface area contributed by atoms with Gasteiger partial charge in [0.05, 0.1) is 6.54 Å². The van der Waals surface area contributed by atoms with Gasteiger partial charge in [-0.15, -0.1) is 0 Å². The van der Waals surface area contributed by atoms with E-state index in [2.05, 4.69) is 5.32 Å². The molecular formula is C14H22N2O2. The van der Waals surface area contributed by atoms with Crippen LogP contribution in [0, 0.1) is 11.8 Å². The maximum atomic E-state index is 12.6. The maximum absolute atomic E-state index is 12.6. The molecule has 3 fully saturated rings. The third-order valence-corrected chi connectivity index (χ3v) is 4.81. The van der Waals surface area contributed by atoms with Crippen LogP contribution >= 0.6 is 0 Å². The van der Waals surface area contributed by atoms with Crippen LogP contribution in [0.4, 0.5) is 0 Å². The summed E-state index contributed by atoms with van der Waals surface area (Å²) >= 11 is 0. The van der Waals surface area contributed by atoms with Gasteiger partial charge in [-0.25, -0.2) is 0 Å². The molecule has 3 rings (SSSR count). The first-order chi connectivity index (χ1) is 8.59. The van der Waals surface area contributed by atoms with Crippen molar-refractivity contribution in [3.63, 3.8) is 0 Å². The van der Waals surface area contributed by atoms with E-state index in [1.165, 1.54) is 25.7 Å². The van der Waals surface area contributed by atoms with Gasteiger partial charge in [-0.2, -0.15) is 0 Å². The minimum atomic E-state index is -0.617. The molecule has 2 amide bonds. The number of nitrogens with zero attached hydrogens (tertiary/aromatic N) is 1. The van der Waals surface area contributed by atoms with Gasteiger partial charge in [0, 0.05) is 6.54 Å². The molecule has 0 aromatic rings. The molecular weight excluding hydrogens is 228 g/mol. The predicted octanol–water partition coefficient (Wildman–Crippen LogP) is 1.30. The van der Waals surface area contributed by atoms with E-state index in [1.54, 1.807) is 0 Å². The van der Waals surface area contributed by atoms with Gasteiger partial charge in [0.2, 0.25) is 11.8 Å². The molecule has 2 saturated carbocycles. The fourth-order valence-electron chi connectivity index (χ4n) is 3.55. The summed E-state index contributed by atoms with van der Waals surface area (Å²) in [5, 5.41) is 2.93. The Labute approximate surface area is 108 Å². The highest BCUT2D eigenvalue weighted by molar-refractivity contribution is 5.98. The molecule has 0 radical (unpaired) electrons. The summed E-state index contributed by atoms with van der Waals surface area (Å²) in [6, 6.07) is 0. The lowest BCUT2D eigenvalue weighted by Gasteiger charge is -2.41. The summed E-state index contributed by atoms with van der Waals surface area (Å²) in [6.45, 7) is 2.96. The predicted molar refractivity (Wildman–Crippen MR) is 67.8 cm³/mol. The second-order valence-corrected chi connectivity index (χ2v) is 6.36. The first-order valence-corrected chi connectivity index (χ1v) is 7.20. The van der Waals surface area contributed by atoms with Crippen molar-refractivity contribution in [1.82, 2.24) is 10.2 Å². The normalized spacial score (nSPS) is 33.9. The van der Waals surface area contributed by atoms with Crippen LogP contribution < -0.4 is 5.32 Å². The Bertz CT molecular complexity index is 372. The molecule has 0 aromatic carbocycles. The summed E-state index contributed by atoms with van der Waals surface area (Å²) in [4.78, 5) is 26.2. The number of hydrogen-bond acceptors (Lipinski definition) is 2. The van der Waals surface area contributed by atoms with Crippen LogP contribution in [0.15, 0.2) is 0 Å². The molecule has 1 saturated heterocycles. The molecule has 3 aliphatic rings. The fraction of sp³-hybridized carbons (Fsp3) is 0.857. The lowest BCUT2D eigenvalue weighted by molar-refractivity contribution is -0.150. The third kappa shape index (κ3) is 2.02. The Morgan fingerprint density at radius 1 is 1.22 bits per heavy atom. The van der Waals surface area contributed by atoms with Crippen molar-refractivity contribution in [3.05, 3.63) is 0 Å². The van der Waals surface area contributed by atoms with Crippen molar-refractivity contribution >= 4 is 11.8 Å². The van der Waals surface area contributed by atoms with E-state index in [1.807, 2.05) is 11.8 Å². The Balaban J connectivity index is 1.72. The molecule has 1 aliphatic heterocycles. The van der Waals surface area contributed by atoms with Crippen LogP contribution in [0.2, 0.25) is 0 Å².